The Kier molecular flexibility index (Phi) is 15.9. The average molecular weight is 651 g/mol. The Bertz CT molecular complexity index is 414. The van der Waals surface area contributed by atoms with Crippen molar-refractivity contribution in [2.75, 3.05) is 0 Å². The summed E-state index contributed by atoms with van der Waals surface area (Å²) in [6.45, 7) is 0. The third-order valence-corrected chi connectivity index (χ3v) is 5.40. The van der Waals surface area contributed by atoms with Gasteiger partial charge in [0.1, 0.15) is 0 Å². The molecule has 20 heavy (non-hydrogen) atoms. The molecule has 0 N–H and O–H groups in total. The van der Waals surface area contributed by atoms with E-state index in [-0.39, 0.29) is 61.3 Å². The molecule has 0 aliphatic carbocycles. The van der Waals surface area contributed by atoms with Crippen LogP contribution in [0.15, 0.2) is 0 Å². The normalized spacial score (nSPS) is 17.5. The molecule has 0 bridgehead atoms. The van der Waals surface area contributed by atoms with Gasteiger partial charge in [-0.05, 0) is 0 Å². The molecule has 20 heteroatoms. The van der Waals surface area contributed by atoms with Gasteiger partial charge in [-0.15, -0.1) is 0 Å². The molecule has 0 rings (SSSR count). The van der Waals surface area contributed by atoms with E-state index in [1.165, 1.54) is 0 Å². The van der Waals surface area contributed by atoms with E-state index in [9.17, 15) is 47.6 Å². The van der Waals surface area contributed by atoms with E-state index in [2.05, 4.69) is 12.9 Å². The van der Waals surface area contributed by atoms with E-state index in [0.717, 1.165) is 0 Å². The first-order valence-electron chi connectivity index (χ1n) is 2.92. The van der Waals surface area contributed by atoms with Crippen molar-refractivity contribution >= 4 is 31.3 Å². The maximum atomic E-state index is 10.4. The van der Waals surface area contributed by atoms with Gasteiger partial charge in [0.25, 0.3) is 15.6 Å². The summed E-state index contributed by atoms with van der Waals surface area (Å²) in [5.74, 6) is 0. The van der Waals surface area contributed by atoms with Crippen LogP contribution < -0.4 is 29.4 Å². The summed E-state index contributed by atoms with van der Waals surface area (Å²) in [5, 5.41) is 0. The standard InChI is InChI=1S/H6O13P4.3Pd/c1-14(2,3)11-16(7,8)13-17(9,10)12-15(4,5)6;;;/h(H,7,8)(H,9,10)(H2,1,2,3)(H2,4,5,6);;;/q;3*+2/p-6. The van der Waals surface area contributed by atoms with Crippen molar-refractivity contribution in [1.29, 1.82) is 0 Å². The van der Waals surface area contributed by atoms with Crippen LogP contribution >= 0.6 is 31.3 Å². The minimum absolute atomic E-state index is 0. The molecule has 0 saturated carbocycles. The van der Waals surface area contributed by atoms with Gasteiger partial charge in [-0.25, -0.2) is 4.31 Å². The molecule has 128 valence electrons. The number of rotatable bonds is 6. The van der Waals surface area contributed by atoms with Crippen molar-refractivity contribution < 1.29 is 122 Å². The van der Waals surface area contributed by atoms with Crippen LogP contribution in [0.3, 0.4) is 0 Å². The van der Waals surface area contributed by atoms with Crippen molar-refractivity contribution in [2.45, 2.75) is 0 Å². The van der Waals surface area contributed by atoms with Gasteiger partial charge in [-0.3, -0.25) is 17.8 Å². The Morgan fingerprint density at radius 2 is 0.700 bits per heavy atom. The third kappa shape index (κ3) is 18.6. The van der Waals surface area contributed by atoms with Gasteiger partial charge in [-0.2, -0.15) is 0 Å². The minimum Gasteiger partial charge on any atom is -0.790 e. The molecule has 0 aliphatic heterocycles. The van der Waals surface area contributed by atoms with E-state index < -0.39 is 31.3 Å². The fourth-order valence-electron chi connectivity index (χ4n) is 0.397. The molecular weight excluding hydrogens is 651 g/mol. The van der Waals surface area contributed by atoms with Crippen molar-refractivity contribution in [1.82, 2.24) is 0 Å². The van der Waals surface area contributed by atoms with Crippen LogP contribution in [0.25, 0.3) is 0 Å². The topological polar surface area (TPSA) is 234 Å². The first kappa shape index (κ1) is 30.4. The molecule has 0 spiro atoms. The van der Waals surface area contributed by atoms with Crippen LogP contribution in [0.4, 0.5) is 0 Å². The van der Waals surface area contributed by atoms with E-state index in [4.69, 9.17) is 0 Å². The minimum atomic E-state index is -6.26. The molecule has 0 saturated heterocycles. The Morgan fingerprint density at radius 1 is 0.500 bits per heavy atom. The van der Waals surface area contributed by atoms with Crippen LogP contribution in [0.1, 0.15) is 0 Å². The van der Waals surface area contributed by atoms with Crippen LogP contribution in [0.5, 0.6) is 0 Å². The second-order valence-corrected chi connectivity index (χ2v) is 7.57. The molecular formula is O13P4Pd3. The van der Waals surface area contributed by atoms with Crippen LogP contribution in [0.2, 0.25) is 0 Å². The molecule has 0 fully saturated rings. The van der Waals surface area contributed by atoms with Gasteiger partial charge < -0.3 is 38.5 Å². The zero-order valence-corrected chi connectivity index (χ0v) is 16.3. The van der Waals surface area contributed by atoms with Crippen molar-refractivity contribution in [3.63, 3.8) is 0 Å². The first-order valence-corrected chi connectivity index (χ1v) is 8.76. The summed E-state index contributed by atoms with van der Waals surface area (Å²) in [5.41, 5.74) is 0. The maximum Gasteiger partial charge on any atom is 2.00 e. The van der Waals surface area contributed by atoms with Gasteiger partial charge in [0, 0.05) is 0 Å². The van der Waals surface area contributed by atoms with Crippen molar-refractivity contribution in [3.05, 3.63) is 0 Å². The van der Waals surface area contributed by atoms with Gasteiger partial charge in [0.15, 0.2) is 0 Å². The fraction of sp³-hybridized carbons (Fsp3) is 0. The predicted molar refractivity (Wildman–Crippen MR) is 33.7 cm³/mol. The zero-order valence-electron chi connectivity index (χ0n) is 8.04. The van der Waals surface area contributed by atoms with Crippen LogP contribution in [-0.4, -0.2) is 0 Å². The number of hydrogen-bond donors (Lipinski definition) is 0. The van der Waals surface area contributed by atoms with E-state index in [1.807, 2.05) is 0 Å². The van der Waals surface area contributed by atoms with Crippen molar-refractivity contribution in [3.8, 4) is 0 Å². The summed E-state index contributed by atoms with van der Waals surface area (Å²) < 4.78 is 48.5. The average Bonchev–Trinajstić information content (AvgIpc) is 1.65. The summed E-state index contributed by atoms with van der Waals surface area (Å²) in [6.07, 6.45) is 0. The molecule has 0 aliphatic rings. The molecule has 2 atom stereocenters. The summed E-state index contributed by atoms with van der Waals surface area (Å²) >= 11 is 0. The summed E-state index contributed by atoms with van der Waals surface area (Å²) in [4.78, 5) is 60.0. The maximum absolute atomic E-state index is 10.4. The quantitative estimate of drug-likeness (QED) is 0.195. The van der Waals surface area contributed by atoms with Gasteiger partial charge in [-0.1, -0.05) is 0 Å². The van der Waals surface area contributed by atoms with Gasteiger partial charge in [0.05, 0.1) is 15.6 Å². The van der Waals surface area contributed by atoms with Crippen molar-refractivity contribution in [2.24, 2.45) is 0 Å². The molecule has 0 amide bonds. The monoisotopic (exact) mass is 650 g/mol. The first-order chi connectivity index (χ1) is 7.12. The summed E-state index contributed by atoms with van der Waals surface area (Å²) in [6, 6.07) is 0. The Balaban J connectivity index is -0.000000427. The largest absolute Gasteiger partial charge is 2.00 e. The van der Waals surface area contributed by atoms with Crippen LogP contribution in [0, 0.1) is 0 Å². The molecule has 0 radical (unpaired) electrons. The molecule has 0 aromatic heterocycles. The second-order valence-electron chi connectivity index (χ2n) is 2.03. The van der Waals surface area contributed by atoms with Crippen LogP contribution in [-0.2, 0) is 92.5 Å². The Morgan fingerprint density at radius 3 is 0.850 bits per heavy atom. The third-order valence-electron chi connectivity index (χ3n) is 0.600. The van der Waals surface area contributed by atoms with E-state index in [1.54, 1.807) is 0 Å². The van der Waals surface area contributed by atoms with E-state index >= 15 is 0 Å². The number of phosphoric acid groups is 4. The number of hydrogen-bond acceptors (Lipinski definition) is 13. The molecule has 0 heterocycles. The molecule has 0 aromatic rings. The fourth-order valence-corrected chi connectivity index (χ4v) is 4.11. The Labute approximate surface area is 152 Å². The molecule has 13 nitrogen and oxygen atoms in total. The predicted octanol–water partition coefficient (Wildman–Crippen LogP) is -4.38. The van der Waals surface area contributed by atoms with E-state index in [0.29, 0.717) is 0 Å². The zero-order chi connectivity index (χ0) is 14.1. The summed E-state index contributed by atoms with van der Waals surface area (Å²) in [7, 11) is -24.9. The van der Waals surface area contributed by atoms with Gasteiger partial charge in [0.2, 0.25) is 0 Å². The van der Waals surface area contributed by atoms with Gasteiger partial charge >= 0.3 is 61.3 Å². The second kappa shape index (κ2) is 10.4. The smallest absolute Gasteiger partial charge is 0.790 e. The molecule has 2 unspecified atom stereocenters. The molecule has 0 aromatic carbocycles. The SMILES string of the molecule is O=P([O-])([O-])OP(=O)([O-])OP(=O)([O-])OP(=O)([O-])[O-].[Pd+2].[Pd+2].[Pd+2]. The Hall–Kier alpha value is 2.55.